The van der Waals surface area contributed by atoms with E-state index in [1.165, 1.54) is 6.20 Å². The molecule has 5 rings (SSSR count). The number of amides is 2. The van der Waals surface area contributed by atoms with E-state index in [1.54, 1.807) is 6.07 Å². The standard InChI is InChI=1S/C23H27F2N9O2/c1-13-11-33(9-6-27-13)23(36)14-3-7-32(8-4-14)16-2-5-28-19(25)18(16)30-22(35)17-20(26)31-34-12-15(24)10-29-21(17)34/h2,5,10,12-14,27H,3-4,6-9,11H2,1H3,(H2,26,31)(H,30,35)/t13-/m0/s1. The molecule has 2 fully saturated rings. The van der Waals surface area contributed by atoms with E-state index >= 15 is 0 Å². The van der Waals surface area contributed by atoms with Crippen molar-refractivity contribution in [2.24, 2.45) is 5.92 Å². The number of hydrogen-bond donors (Lipinski definition) is 3. The van der Waals surface area contributed by atoms with E-state index in [1.807, 2.05) is 9.80 Å². The number of halogens is 2. The van der Waals surface area contributed by atoms with Crippen LogP contribution in [0, 0.1) is 17.7 Å². The van der Waals surface area contributed by atoms with Crippen LogP contribution in [0.25, 0.3) is 5.65 Å². The number of fused-ring (bicyclic) bond motifs is 1. The molecule has 0 radical (unpaired) electrons. The first kappa shape index (κ1) is 23.9. The molecule has 11 nitrogen and oxygen atoms in total. The third kappa shape index (κ3) is 4.53. The van der Waals surface area contributed by atoms with Crippen LogP contribution >= 0.6 is 0 Å². The van der Waals surface area contributed by atoms with E-state index in [4.69, 9.17) is 5.73 Å². The summed E-state index contributed by atoms with van der Waals surface area (Å²) in [5.74, 6) is -2.36. The highest BCUT2D eigenvalue weighted by atomic mass is 19.1. The maximum Gasteiger partial charge on any atom is 0.263 e. The average molecular weight is 500 g/mol. The zero-order valence-electron chi connectivity index (χ0n) is 19.7. The van der Waals surface area contributed by atoms with Crippen LogP contribution in [0.15, 0.2) is 24.7 Å². The molecule has 0 aromatic carbocycles. The highest BCUT2D eigenvalue weighted by molar-refractivity contribution is 6.12. The van der Waals surface area contributed by atoms with Gasteiger partial charge in [-0.2, -0.15) is 4.39 Å². The number of rotatable bonds is 4. The Balaban J connectivity index is 1.32. The average Bonchev–Trinajstić information content (AvgIpc) is 3.19. The van der Waals surface area contributed by atoms with E-state index in [0.29, 0.717) is 44.7 Å². The quantitative estimate of drug-likeness (QED) is 0.457. The molecule has 0 aliphatic carbocycles. The normalized spacial score (nSPS) is 19.0. The van der Waals surface area contributed by atoms with Gasteiger partial charge in [-0.05, 0) is 25.8 Å². The highest BCUT2D eigenvalue weighted by Crippen LogP contribution is 2.32. The van der Waals surface area contributed by atoms with E-state index < -0.39 is 17.7 Å². The number of nitrogens with two attached hydrogens (primary N) is 1. The van der Waals surface area contributed by atoms with Gasteiger partial charge in [0.15, 0.2) is 17.3 Å². The van der Waals surface area contributed by atoms with Crippen molar-refractivity contribution in [2.75, 3.05) is 48.7 Å². The number of nitrogens with zero attached hydrogens (tertiary/aromatic N) is 6. The van der Waals surface area contributed by atoms with Gasteiger partial charge >= 0.3 is 0 Å². The molecule has 2 aliphatic heterocycles. The summed E-state index contributed by atoms with van der Waals surface area (Å²) in [4.78, 5) is 37.5. The fraction of sp³-hybridized carbons (Fsp3) is 0.435. The molecule has 2 amide bonds. The lowest BCUT2D eigenvalue weighted by Gasteiger charge is -2.38. The van der Waals surface area contributed by atoms with Gasteiger partial charge in [0.2, 0.25) is 11.9 Å². The number of pyridine rings is 1. The molecule has 1 atom stereocenters. The molecule has 0 bridgehead atoms. The van der Waals surface area contributed by atoms with Crippen LogP contribution in [0.3, 0.4) is 0 Å². The Morgan fingerprint density at radius 2 is 1.97 bits per heavy atom. The van der Waals surface area contributed by atoms with Crippen LogP contribution in [0.2, 0.25) is 0 Å². The van der Waals surface area contributed by atoms with E-state index in [-0.39, 0.29) is 40.6 Å². The lowest BCUT2D eigenvalue weighted by atomic mass is 9.94. The lowest BCUT2D eigenvalue weighted by molar-refractivity contribution is -0.137. The minimum absolute atomic E-state index is 0.0406. The van der Waals surface area contributed by atoms with E-state index in [2.05, 4.69) is 32.6 Å². The maximum absolute atomic E-state index is 14.8. The Bertz CT molecular complexity index is 1310. The van der Waals surface area contributed by atoms with Gasteiger partial charge in [-0.3, -0.25) is 9.59 Å². The minimum Gasteiger partial charge on any atom is -0.381 e. The van der Waals surface area contributed by atoms with Crippen molar-refractivity contribution >= 4 is 34.7 Å². The van der Waals surface area contributed by atoms with Crippen molar-refractivity contribution in [3.05, 3.63) is 42.0 Å². The van der Waals surface area contributed by atoms with Crippen molar-refractivity contribution in [1.82, 2.24) is 29.8 Å². The molecule has 2 aliphatic rings. The highest BCUT2D eigenvalue weighted by Gasteiger charge is 2.32. The molecule has 4 N–H and O–H groups in total. The summed E-state index contributed by atoms with van der Waals surface area (Å²) in [6, 6.07) is 1.89. The second-order valence-electron chi connectivity index (χ2n) is 9.15. The smallest absolute Gasteiger partial charge is 0.263 e. The molecule has 3 aromatic heterocycles. The molecule has 36 heavy (non-hydrogen) atoms. The van der Waals surface area contributed by atoms with Gasteiger partial charge in [0.1, 0.15) is 11.3 Å². The van der Waals surface area contributed by atoms with E-state index in [0.717, 1.165) is 23.5 Å². The predicted molar refractivity (Wildman–Crippen MR) is 128 cm³/mol. The number of carbonyl (C=O) groups excluding carboxylic acids is 2. The Kier molecular flexibility index (Phi) is 6.39. The Morgan fingerprint density at radius 3 is 2.72 bits per heavy atom. The maximum atomic E-state index is 14.8. The molecular formula is C23H27F2N9O2. The number of piperazine rings is 1. The molecule has 0 spiro atoms. The molecule has 2 saturated heterocycles. The summed E-state index contributed by atoms with van der Waals surface area (Å²) in [6.07, 6.45) is 4.54. The second-order valence-corrected chi connectivity index (χ2v) is 9.15. The molecule has 13 heteroatoms. The van der Waals surface area contributed by atoms with Crippen LogP contribution in [-0.2, 0) is 4.79 Å². The van der Waals surface area contributed by atoms with Crippen molar-refractivity contribution in [1.29, 1.82) is 0 Å². The third-order valence-corrected chi connectivity index (χ3v) is 6.68. The Morgan fingerprint density at radius 1 is 1.19 bits per heavy atom. The van der Waals surface area contributed by atoms with Gasteiger partial charge < -0.3 is 26.2 Å². The number of nitrogen functional groups attached to an aromatic ring is 1. The predicted octanol–water partition coefficient (Wildman–Crippen LogP) is 1.27. The number of anilines is 3. The zero-order chi connectivity index (χ0) is 25.4. The first-order valence-corrected chi connectivity index (χ1v) is 11.8. The van der Waals surface area contributed by atoms with Crippen LogP contribution in [0.4, 0.5) is 26.0 Å². The summed E-state index contributed by atoms with van der Waals surface area (Å²) < 4.78 is 29.4. The number of carbonyl (C=O) groups is 2. The van der Waals surface area contributed by atoms with Crippen LogP contribution in [0.5, 0.6) is 0 Å². The zero-order valence-corrected chi connectivity index (χ0v) is 19.7. The summed E-state index contributed by atoms with van der Waals surface area (Å²) in [5.41, 5.74) is 6.16. The van der Waals surface area contributed by atoms with Crippen LogP contribution < -0.4 is 21.3 Å². The van der Waals surface area contributed by atoms with Crippen molar-refractivity contribution < 1.29 is 18.4 Å². The third-order valence-electron chi connectivity index (χ3n) is 6.68. The van der Waals surface area contributed by atoms with Crippen molar-refractivity contribution in [3.63, 3.8) is 0 Å². The first-order valence-electron chi connectivity index (χ1n) is 11.8. The number of aromatic nitrogens is 4. The second kappa shape index (κ2) is 9.64. The fourth-order valence-corrected chi connectivity index (χ4v) is 4.89. The summed E-state index contributed by atoms with van der Waals surface area (Å²) in [6.45, 7) is 5.27. The SMILES string of the molecule is C[C@H]1CN(C(=O)C2CCN(c3ccnc(F)c3NC(=O)c3c(N)nn4cc(F)cnc34)CC2)CCN1. The molecule has 0 unspecified atom stereocenters. The van der Waals surface area contributed by atoms with Gasteiger partial charge in [0, 0.05) is 50.9 Å². The largest absolute Gasteiger partial charge is 0.381 e. The van der Waals surface area contributed by atoms with Gasteiger partial charge in [-0.1, -0.05) is 0 Å². The number of piperidine rings is 1. The van der Waals surface area contributed by atoms with Gasteiger partial charge in [-0.15, -0.1) is 5.10 Å². The molecular weight excluding hydrogens is 472 g/mol. The van der Waals surface area contributed by atoms with Crippen LogP contribution in [0.1, 0.15) is 30.1 Å². The lowest BCUT2D eigenvalue weighted by Crippen LogP contribution is -2.53. The Labute approximate surface area is 205 Å². The molecule has 3 aromatic rings. The van der Waals surface area contributed by atoms with E-state index in [9.17, 15) is 18.4 Å². The van der Waals surface area contributed by atoms with Gasteiger partial charge in [0.25, 0.3) is 5.91 Å². The monoisotopic (exact) mass is 499 g/mol. The first-order chi connectivity index (χ1) is 17.3. The summed E-state index contributed by atoms with van der Waals surface area (Å²) >= 11 is 0. The van der Waals surface area contributed by atoms with Crippen molar-refractivity contribution in [2.45, 2.75) is 25.8 Å². The molecule has 190 valence electrons. The molecule has 0 saturated carbocycles. The Hall–Kier alpha value is -3.87. The topological polar surface area (TPSA) is 134 Å². The van der Waals surface area contributed by atoms with Gasteiger partial charge in [0.05, 0.1) is 18.1 Å². The summed E-state index contributed by atoms with van der Waals surface area (Å²) in [5, 5.41) is 9.80. The van der Waals surface area contributed by atoms with Crippen LogP contribution in [-0.4, -0.2) is 75.1 Å². The molecule has 5 heterocycles. The summed E-state index contributed by atoms with van der Waals surface area (Å²) in [7, 11) is 0. The van der Waals surface area contributed by atoms with Crippen molar-refractivity contribution in [3.8, 4) is 0 Å². The number of nitrogens with one attached hydrogen (secondary N) is 2. The minimum atomic E-state index is -0.858. The van der Waals surface area contributed by atoms with Gasteiger partial charge in [-0.25, -0.2) is 18.9 Å². The fourth-order valence-electron chi connectivity index (χ4n) is 4.89. The number of hydrogen-bond acceptors (Lipinski definition) is 8.